The van der Waals surface area contributed by atoms with Crippen molar-refractivity contribution in [3.63, 3.8) is 0 Å². The quantitative estimate of drug-likeness (QED) is 0.702. The molecule has 2 atom stereocenters. The van der Waals surface area contributed by atoms with E-state index in [0.29, 0.717) is 17.8 Å². The lowest BCUT2D eigenvalue weighted by molar-refractivity contribution is 0.128. The highest BCUT2D eigenvalue weighted by molar-refractivity contribution is 5.33. The molecule has 4 nitrogen and oxygen atoms in total. The van der Waals surface area contributed by atoms with Crippen LogP contribution < -0.4 is 5.73 Å². The maximum absolute atomic E-state index is 5.48. The number of ether oxygens (including phenoxy) is 1. The summed E-state index contributed by atoms with van der Waals surface area (Å²) in [5.74, 6) is 1.06. The Balaban J connectivity index is 1.96. The van der Waals surface area contributed by atoms with Gasteiger partial charge >= 0.3 is 0 Å². The summed E-state index contributed by atoms with van der Waals surface area (Å²) in [5.41, 5.74) is 6.58. The molecule has 1 fully saturated rings. The van der Waals surface area contributed by atoms with Gasteiger partial charge in [0.05, 0.1) is 6.10 Å². The lowest BCUT2D eigenvalue weighted by atomic mass is 10.3. The summed E-state index contributed by atoms with van der Waals surface area (Å²) in [4.78, 5) is 0. The molecular weight excluding hydrogens is 154 g/mol. The fourth-order valence-corrected chi connectivity index (χ4v) is 1.44. The molecule has 1 aliphatic rings. The molecule has 0 aromatic carbocycles. The molecule has 1 saturated carbocycles. The van der Waals surface area contributed by atoms with Gasteiger partial charge in [-0.3, -0.25) is 5.10 Å². The van der Waals surface area contributed by atoms with Crippen molar-refractivity contribution in [2.75, 3.05) is 12.3 Å². The Morgan fingerprint density at radius 1 is 1.83 bits per heavy atom. The molecule has 0 aliphatic heterocycles. The second kappa shape index (κ2) is 2.79. The lowest BCUT2D eigenvalue weighted by Crippen LogP contribution is -1.95. The first-order chi connectivity index (χ1) is 5.81. The Morgan fingerprint density at radius 2 is 2.67 bits per heavy atom. The molecule has 1 heterocycles. The number of nitrogens with one attached hydrogen (secondary N) is 1. The largest absolute Gasteiger partial charge is 0.382 e. The minimum atomic E-state index is 0.384. The zero-order chi connectivity index (χ0) is 8.55. The third-order valence-corrected chi connectivity index (χ3v) is 2.13. The van der Waals surface area contributed by atoms with Gasteiger partial charge in [-0.25, -0.2) is 0 Å². The van der Waals surface area contributed by atoms with Gasteiger partial charge in [-0.1, -0.05) is 0 Å². The number of nitrogens with two attached hydrogens (primary N) is 1. The van der Waals surface area contributed by atoms with Crippen LogP contribution in [0.4, 0.5) is 5.82 Å². The normalized spacial score (nSPS) is 27.4. The number of aromatic amines is 1. The Kier molecular flexibility index (Phi) is 1.77. The first-order valence-electron chi connectivity index (χ1n) is 4.23. The minimum Gasteiger partial charge on any atom is -0.382 e. The summed E-state index contributed by atoms with van der Waals surface area (Å²) in [5, 5.41) is 6.77. The number of hydrogen-bond acceptors (Lipinski definition) is 3. The van der Waals surface area contributed by atoms with Crippen LogP contribution in [0.2, 0.25) is 0 Å². The number of aromatic nitrogens is 2. The van der Waals surface area contributed by atoms with E-state index in [1.807, 2.05) is 13.0 Å². The van der Waals surface area contributed by atoms with Gasteiger partial charge in [-0.2, -0.15) is 5.10 Å². The van der Waals surface area contributed by atoms with Gasteiger partial charge < -0.3 is 10.5 Å². The van der Waals surface area contributed by atoms with Crippen LogP contribution in [0.1, 0.15) is 25.0 Å². The molecule has 0 radical (unpaired) electrons. The lowest BCUT2D eigenvalue weighted by Gasteiger charge is -1.96. The molecule has 3 N–H and O–H groups in total. The molecule has 66 valence electrons. The molecule has 2 rings (SSSR count). The summed E-state index contributed by atoms with van der Waals surface area (Å²) in [6.45, 7) is 2.79. The molecule has 1 aromatic heterocycles. The van der Waals surface area contributed by atoms with E-state index in [0.717, 1.165) is 18.7 Å². The molecule has 0 saturated heterocycles. The van der Waals surface area contributed by atoms with Gasteiger partial charge in [-0.15, -0.1) is 0 Å². The average molecular weight is 167 g/mol. The predicted molar refractivity (Wildman–Crippen MR) is 45.8 cm³/mol. The van der Waals surface area contributed by atoms with Crippen molar-refractivity contribution in [2.24, 2.45) is 0 Å². The zero-order valence-electron chi connectivity index (χ0n) is 7.08. The summed E-state index contributed by atoms with van der Waals surface area (Å²) < 4.78 is 5.44. The fourth-order valence-electron chi connectivity index (χ4n) is 1.44. The van der Waals surface area contributed by atoms with E-state index in [-0.39, 0.29) is 0 Å². The monoisotopic (exact) mass is 167 g/mol. The van der Waals surface area contributed by atoms with Crippen LogP contribution in [0.15, 0.2) is 6.07 Å². The van der Waals surface area contributed by atoms with Crippen LogP contribution in [-0.2, 0) is 4.74 Å². The van der Waals surface area contributed by atoms with Crippen molar-refractivity contribution >= 4 is 5.82 Å². The third-order valence-electron chi connectivity index (χ3n) is 2.13. The summed E-state index contributed by atoms with van der Waals surface area (Å²) in [6.07, 6.45) is 1.48. The van der Waals surface area contributed by atoms with Gasteiger partial charge in [-0.05, 0) is 13.3 Å². The molecular formula is C8H13N3O. The van der Waals surface area contributed by atoms with Crippen LogP contribution in [0.25, 0.3) is 0 Å². The fraction of sp³-hybridized carbons (Fsp3) is 0.625. The van der Waals surface area contributed by atoms with Crippen molar-refractivity contribution < 1.29 is 4.74 Å². The number of H-pyrrole nitrogens is 1. The molecule has 0 spiro atoms. The van der Waals surface area contributed by atoms with E-state index in [9.17, 15) is 0 Å². The van der Waals surface area contributed by atoms with Crippen LogP contribution >= 0.6 is 0 Å². The van der Waals surface area contributed by atoms with Gasteiger partial charge in [0.1, 0.15) is 5.82 Å². The zero-order valence-corrected chi connectivity index (χ0v) is 7.08. The van der Waals surface area contributed by atoms with Crippen LogP contribution in [-0.4, -0.2) is 22.9 Å². The first kappa shape index (κ1) is 7.61. The number of nitrogens with zero attached hydrogens (tertiary/aromatic N) is 1. The van der Waals surface area contributed by atoms with E-state index in [2.05, 4.69) is 10.2 Å². The molecule has 1 aliphatic carbocycles. The van der Waals surface area contributed by atoms with E-state index < -0.39 is 0 Å². The number of rotatable bonds is 3. The molecule has 1 aromatic rings. The smallest absolute Gasteiger partial charge is 0.145 e. The van der Waals surface area contributed by atoms with Crippen molar-refractivity contribution in [3.8, 4) is 0 Å². The topological polar surface area (TPSA) is 63.9 Å². The van der Waals surface area contributed by atoms with E-state index >= 15 is 0 Å². The van der Waals surface area contributed by atoms with Crippen molar-refractivity contribution in [1.82, 2.24) is 10.2 Å². The van der Waals surface area contributed by atoms with E-state index in [1.54, 1.807) is 0 Å². The third kappa shape index (κ3) is 1.30. The summed E-state index contributed by atoms with van der Waals surface area (Å²) >= 11 is 0. The molecule has 0 bridgehead atoms. The maximum atomic E-state index is 5.48. The minimum absolute atomic E-state index is 0.384. The Labute approximate surface area is 71.1 Å². The van der Waals surface area contributed by atoms with Gasteiger partial charge in [0.2, 0.25) is 0 Å². The Bertz CT molecular complexity index is 271. The van der Waals surface area contributed by atoms with E-state index in [1.165, 1.54) is 0 Å². The van der Waals surface area contributed by atoms with Crippen molar-refractivity contribution in [1.29, 1.82) is 0 Å². The van der Waals surface area contributed by atoms with Crippen LogP contribution in [0, 0.1) is 0 Å². The maximum Gasteiger partial charge on any atom is 0.145 e. The predicted octanol–water partition coefficient (Wildman–Crippen LogP) is 0.884. The van der Waals surface area contributed by atoms with Crippen molar-refractivity contribution in [3.05, 3.63) is 11.8 Å². The SMILES string of the molecule is CCOC1CC1c1cc(N)n[nH]1. The first-order valence-corrected chi connectivity index (χ1v) is 4.23. The number of nitrogen functional groups attached to an aromatic ring is 1. The Hall–Kier alpha value is -1.03. The van der Waals surface area contributed by atoms with Crippen LogP contribution in [0.3, 0.4) is 0 Å². The highest BCUT2D eigenvalue weighted by Gasteiger charge is 2.40. The second-order valence-corrected chi connectivity index (χ2v) is 3.08. The van der Waals surface area contributed by atoms with Gasteiger partial charge in [0.25, 0.3) is 0 Å². The molecule has 12 heavy (non-hydrogen) atoms. The van der Waals surface area contributed by atoms with Crippen LogP contribution in [0.5, 0.6) is 0 Å². The molecule has 4 heteroatoms. The second-order valence-electron chi connectivity index (χ2n) is 3.08. The van der Waals surface area contributed by atoms with E-state index in [4.69, 9.17) is 10.5 Å². The summed E-state index contributed by atoms with van der Waals surface area (Å²) in [7, 11) is 0. The average Bonchev–Trinajstić information content (AvgIpc) is 2.67. The summed E-state index contributed by atoms with van der Waals surface area (Å²) in [6, 6.07) is 1.88. The standard InChI is InChI=1S/C8H13N3O/c1-2-12-7-3-5(7)6-4-8(9)11-10-6/h4-5,7H,2-3H2,1H3,(H3,9,10,11). The molecule has 0 amide bonds. The van der Waals surface area contributed by atoms with Gasteiger partial charge in [0.15, 0.2) is 0 Å². The van der Waals surface area contributed by atoms with Crippen molar-refractivity contribution in [2.45, 2.75) is 25.4 Å². The van der Waals surface area contributed by atoms with Gasteiger partial charge in [0, 0.05) is 24.3 Å². The highest BCUT2D eigenvalue weighted by Crippen LogP contribution is 2.42. The number of hydrogen-bond donors (Lipinski definition) is 2. The number of anilines is 1. The molecule has 2 unspecified atom stereocenters. The Morgan fingerprint density at radius 3 is 3.25 bits per heavy atom. The highest BCUT2D eigenvalue weighted by atomic mass is 16.5.